The molecule has 6 nitrogen and oxygen atoms in total. The number of nitrogens with two attached hydrogens (primary N) is 1. The molecule has 1 aliphatic rings. The Labute approximate surface area is 152 Å². The van der Waals surface area contributed by atoms with Gasteiger partial charge in [0.15, 0.2) is 0 Å². The van der Waals surface area contributed by atoms with Crippen LogP contribution in [0.2, 0.25) is 0 Å². The van der Waals surface area contributed by atoms with Gasteiger partial charge in [0.1, 0.15) is 18.4 Å². The Morgan fingerprint density at radius 3 is 2.50 bits per heavy atom. The van der Waals surface area contributed by atoms with Crippen molar-refractivity contribution in [3.63, 3.8) is 0 Å². The average molecular weight is 354 g/mol. The second-order valence-electron chi connectivity index (χ2n) is 6.19. The topological polar surface area (TPSA) is 90.7 Å². The van der Waals surface area contributed by atoms with Crippen molar-refractivity contribution in [3.8, 4) is 5.75 Å². The van der Waals surface area contributed by atoms with E-state index in [2.05, 4.69) is 5.32 Å². The van der Waals surface area contributed by atoms with Crippen LogP contribution in [0.4, 0.5) is 0 Å². The highest BCUT2D eigenvalue weighted by molar-refractivity contribution is 5.97. The molecular weight excluding hydrogens is 332 g/mol. The molecule has 0 spiro atoms. The highest BCUT2D eigenvalue weighted by atomic mass is 16.5. The largest absolute Gasteiger partial charge is 0.491 e. The molecule has 0 saturated carbocycles. The molecule has 2 aromatic rings. The minimum atomic E-state index is -0.876. The minimum absolute atomic E-state index is 0.139. The molecule has 0 aromatic heterocycles. The van der Waals surface area contributed by atoms with Gasteiger partial charge in [-0.2, -0.15) is 0 Å². The van der Waals surface area contributed by atoms with Crippen LogP contribution in [0, 0.1) is 0 Å². The monoisotopic (exact) mass is 354 g/mol. The maximum Gasteiger partial charge on any atom is 0.252 e. The number of benzene rings is 2. The third-order valence-corrected chi connectivity index (χ3v) is 4.27. The minimum Gasteiger partial charge on any atom is -0.491 e. The first-order chi connectivity index (χ1) is 12.6. The number of nitrogens with one attached hydrogen (secondary N) is 1. The lowest BCUT2D eigenvalue weighted by Gasteiger charge is -2.16. The van der Waals surface area contributed by atoms with E-state index in [0.717, 1.165) is 19.4 Å². The lowest BCUT2D eigenvalue weighted by atomic mass is 10.1. The third-order valence-electron chi connectivity index (χ3n) is 4.27. The highest BCUT2D eigenvalue weighted by Crippen LogP contribution is 2.18. The fraction of sp³-hybridized carbons (Fsp3) is 0.300. The predicted octanol–water partition coefficient (Wildman–Crippen LogP) is 2.20. The maximum absolute atomic E-state index is 12.4. The van der Waals surface area contributed by atoms with Gasteiger partial charge in [-0.25, -0.2) is 0 Å². The summed E-state index contributed by atoms with van der Waals surface area (Å²) in [6.45, 7) is 1.29. The number of primary amides is 1. The van der Waals surface area contributed by atoms with Crippen LogP contribution in [0.1, 0.15) is 34.8 Å². The second-order valence-corrected chi connectivity index (χ2v) is 6.19. The van der Waals surface area contributed by atoms with Gasteiger partial charge in [-0.1, -0.05) is 30.3 Å². The van der Waals surface area contributed by atoms with Gasteiger partial charge in [0.05, 0.1) is 6.10 Å². The molecule has 1 fully saturated rings. The van der Waals surface area contributed by atoms with E-state index in [1.165, 1.54) is 0 Å². The van der Waals surface area contributed by atoms with Crippen molar-refractivity contribution in [2.75, 3.05) is 13.2 Å². The molecule has 1 heterocycles. The molecule has 0 radical (unpaired) electrons. The van der Waals surface area contributed by atoms with Crippen molar-refractivity contribution in [3.05, 3.63) is 65.7 Å². The van der Waals surface area contributed by atoms with Crippen LogP contribution in [0.3, 0.4) is 0 Å². The zero-order chi connectivity index (χ0) is 18.4. The molecule has 6 heteroatoms. The molecule has 2 unspecified atom stereocenters. The van der Waals surface area contributed by atoms with Crippen LogP contribution < -0.4 is 15.8 Å². The van der Waals surface area contributed by atoms with Gasteiger partial charge in [0.25, 0.3) is 5.91 Å². The van der Waals surface area contributed by atoms with Crippen molar-refractivity contribution in [2.24, 2.45) is 5.73 Å². The SMILES string of the molecule is NC(=O)C(NC(=O)c1ccc(OCC2CCCO2)cc1)c1ccccc1. The van der Waals surface area contributed by atoms with Crippen molar-refractivity contribution < 1.29 is 19.1 Å². The molecule has 2 aromatic carbocycles. The first-order valence-electron chi connectivity index (χ1n) is 8.63. The molecule has 26 heavy (non-hydrogen) atoms. The Morgan fingerprint density at radius 2 is 1.88 bits per heavy atom. The fourth-order valence-electron chi connectivity index (χ4n) is 2.85. The van der Waals surface area contributed by atoms with Gasteiger partial charge in [0, 0.05) is 12.2 Å². The normalized spacial score (nSPS) is 17.5. The van der Waals surface area contributed by atoms with Gasteiger partial charge in [-0.05, 0) is 42.7 Å². The Balaban J connectivity index is 1.60. The Hall–Kier alpha value is -2.86. The van der Waals surface area contributed by atoms with E-state index in [4.69, 9.17) is 15.2 Å². The summed E-state index contributed by atoms with van der Waals surface area (Å²) in [6, 6.07) is 14.8. The van der Waals surface area contributed by atoms with E-state index in [-0.39, 0.29) is 12.0 Å². The van der Waals surface area contributed by atoms with Crippen LogP contribution in [0.5, 0.6) is 5.75 Å². The van der Waals surface area contributed by atoms with Gasteiger partial charge in [-0.15, -0.1) is 0 Å². The van der Waals surface area contributed by atoms with Crippen LogP contribution in [0.25, 0.3) is 0 Å². The van der Waals surface area contributed by atoms with Crippen LogP contribution in [-0.2, 0) is 9.53 Å². The fourth-order valence-corrected chi connectivity index (χ4v) is 2.85. The number of rotatable bonds is 7. The van der Waals surface area contributed by atoms with Crippen molar-refractivity contribution in [1.29, 1.82) is 0 Å². The maximum atomic E-state index is 12.4. The molecule has 2 amide bonds. The lowest BCUT2D eigenvalue weighted by molar-refractivity contribution is -0.120. The zero-order valence-electron chi connectivity index (χ0n) is 14.4. The van der Waals surface area contributed by atoms with Gasteiger partial charge in [-0.3, -0.25) is 9.59 Å². The van der Waals surface area contributed by atoms with Gasteiger partial charge in [0.2, 0.25) is 5.91 Å². The van der Waals surface area contributed by atoms with E-state index in [0.29, 0.717) is 23.5 Å². The Kier molecular flexibility index (Phi) is 5.86. The molecule has 0 bridgehead atoms. The number of amides is 2. The van der Waals surface area contributed by atoms with Crippen molar-refractivity contribution in [2.45, 2.75) is 25.0 Å². The zero-order valence-corrected chi connectivity index (χ0v) is 14.4. The number of hydrogen-bond donors (Lipinski definition) is 2. The second kappa shape index (κ2) is 8.49. The standard InChI is InChI=1S/C20H22N2O4/c21-19(23)18(14-5-2-1-3-6-14)22-20(24)15-8-10-16(11-9-15)26-13-17-7-4-12-25-17/h1-3,5-6,8-11,17-18H,4,7,12-13H2,(H2,21,23)(H,22,24). The molecule has 1 aliphatic heterocycles. The number of carbonyl (C=O) groups is 2. The molecular formula is C20H22N2O4. The van der Waals surface area contributed by atoms with Crippen LogP contribution in [-0.4, -0.2) is 31.1 Å². The summed E-state index contributed by atoms with van der Waals surface area (Å²) in [5.74, 6) is -0.309. The summed E-state index contributed by atoms with van der Waals surface area (Å²) in [4.78, 5) is 24.1. The molecule has 2 atom stereocenters. The molecule has 0 aliphatic carbocycles. The summed E-state index contributed by atoms with van der Waals surface area (Å²) >= 11 is 0. The van der Waals surface area contributed by atoms with Gasteiger partial charge < -0.3 is 20.5 Å². The molecule has 1 saturated heterocycles. The summed E-state index contributed by atoms with van der Waals surface area (Å²) in [7, 11) is 0. The van der Waals surface area contributed by atoms with E-state index < -0.39 is 11.9 Å². The molecule has 3 N–H and O–H groups in total. The van der Waals surface area contributed by atoms with Crippen LogP contribution >= 0.6 is 0 Å². The van der Waals surface area contributed by atoms with E-state index in [1.807, 2.05) is 6.07 Å². The average Bonchev–Trinajstić information content (AvgIpc) is 3.19. The number of hydrogen-bond acceptors (Lipinski definition) is 4. The third kappa shape index (κ3) is 4.61. The van der Waals surface area contributed by atoms with Gasteiger partial charge >= 0.3 is 0 Å². The quantitative estimate of drug-likeness (QED) is 0.797. The van der Waals surface area contributed by atoms with Crippen LogP contribution in [0.15, 0.2) is 54.6 Å². The summed E-state index contributed by atoms with van der Waals surface area (Å²) in [5, 5.41) is 2.67. The van der Waals surface area contributed by atoms with E-state index in [9.17, 15) is 9.59 Å². The first kappa shape index (κ1) is 17.9. The number of carbonyl (C=O) groups excluding carboxylic acids is 2. The smallest absolute Gasteiger partial charge is 0.252 e. The van der Waals surface area contributed by atoms with E-state index in [1.54, 1.807) is 48.5 Å². The lowest BCUT2D eigenvalue weighted by Crippen LogP contribution is -2.37. The number of ether oxygens (including phenoxy) is 2. The Morgan fingerprint density at radius 1 is 1.15 bits per heavy atom. The van der Waals surface area contributed by atoms with Crippen molar-refractivity contribution in [1.82, 2.24) is 5.32 Å². The predicted molar refractivity (Wildman–Crippen MR) is 96.8 cm³/mol. The molecule has 136 valence electrons. The highest BCUT2D eigenvalue weighted by Gasteiger charge is 2.21. The van der Waals surface area contributed by atoms with E-state index >= 15 is 0 Å². The van der Waals surface area contributed by atoms with Crippen molar-refractivity contribution >= 4 is 11.8 Å². The first-order valence-corrected chi connectivity index (χ1v) is 8.63. The summed E-state index contributed by atoms with van der Waals surface area (Å²) in [6.07, 6.45) is 2.21. The summed E-state index contributed by atoms with van der Waals surface area (Å²) in [5.41, 5.74) is 6.50. The molecule has 3 rings (SSSR count). The summed E-state index contributed by atoms with van der Waals surface area (Å²) < 4.78 is 11.2. The Bertz CT molecular complexity index is 740.